The van der Waals surface area contributed by atoms with E-state index in [-0.39, 0.29) is 18.0 Å². The summed E-state index contributed by atoms with van der Waals surface area (Å²) in [7, 11) is 0. The van der Waals surface area contributed by atoms with Gasteiger partial charge < -0.3 is 21.3 Å². The number of hydrogen-bond acceptors (Lipinski definition) is 4. The Hall–Kier alpha value is -3.74. The third-order valence-corrected chi connectivity index (χ3v) is 8.05. The fraction of sp³-hybridized carbons (Fsp3) is 0.273. The highest BCUT2D eigenvalue weighted by molar-refractivity contribution is 6.34. The number of aliphatic imine (C=N–C) groups is 1. The van der Waals surface area contributed by atoms with Gasteiger partial charge in [-0.05, 0) is 81.0 Å². The van der Waals surface area contributed by atoms with Crippen molar-refractivity contribution in [2.45, 2.75) is 51.6 Å². The van der Waals surface area contributed by atoms with Crippen LogP contribution in [-0.2, 0) is 6.42 Å². The molecule has 1 aliphatic rings. The molecule has 0 aliphatic carbocycles. The third-order valence-electron chi connectivity index (χ3n) is 7.50. The summed E-state index contributed by atoms with van der Waals surface area (Å²) in [6.45, 7) is 13.1. The number of benzene rings is 3. The Bertz CT molecular complexity index is 1450. The molecule has 0 bridgehead atoms. The lowest BCUT2D eigenvalue weighted by atomic mass is 10.0. The van der Waals surface area contributed by atoms with Crippen molar-refractivity contribution in [1.29, 1.82) is 0 Å². The molecule has 0 spiro atoms. The molecule has 1 amide bonds. The molecule has 1 fully saturated rings. The van der Waals surface area contributed by atoms with Crippen molar-refractivity contribution in [3.8, 4) is 0 Å². The standard InChI is InChI=1S/C33H37Cl2N5O/c1-21-17-26(34)13-15-31(21)39-23(3)22(2)38-24(4)28-18-30(35)29(19-32(28)37-20-36)33(41)40-16-8-11-27(40)14-12-25-9-6-5-7-10-25/h5-7,9-10,13,15,17-20,22,27,38-39H,3-4,8,11-12,14,16H2,1-2H3,(H2,36,37). The number of amides is 1. The van der Waals surface area contributed by atoms with E-state index in [1.807, 2.05) is 55.1 Å². The average Bonchev–Trinajstić information content (AvgIpc) is 3.43. The molecular weight excluding hydrogens is 553 g/mol. The summed E-state index contributed by atoms with van der Waals surface area (Å²) in [5.41, 5.74) is 11.8. The van der Waals surface area contributed by atoms with Gasteiger partial charge in [-0.15, -0.1) is 0 Å². The van der Waals surface area contributed by atoms with Crippen LogP contribution in [0.15, 0.2) is 84.5 Å². The van der Waals surface area contributed by atoms with Crippen LogP contribution in [0.5, 0.6) is 0 Å². The minimum atomic E-state index is -0.192. The number of nitrogens with two attached hydrogens (primary N) is 1. The molecule has 1 heterocycles. The zero-order valence-corrected chi connectivity index (χ0v) is 25.1. The zero-order valence-electron chi connectivity index (χ0n) is 23.6. The maximum atomic E-state index is 13.7. The lowest BCUT2D eigenvalue weighted by molar-refractivity contribution is 0.0731. The van der Waals surface area contributed by atoms with Crippen LogP contribution in [0.1, 0.15) is 53.2 Å². The lowest BCUT2D eigenvalue weighted by Gasteiger charge is -2.26. The molecule has 8 heteroatoms. The van der Waals surface area contributed by atoms with Crippen molar-refractivity contribution in [2.75, 3.05) is 11.9 Å². The average molecular weight is 591 g/mol. The predicted octanol–water partition coefficient (Wildman–Crippen LogP) is 7.73. The van der Waals surface area contributed by atoms with Crippen molar-refractivity contribution in [2.24, 2.45) is 10.7 Å². The zero-order chi connectivity index (χ0) is 29.5. The maximum Gasteiger partial charge on any atom is 0.255 e. The number of halogens is 2. The van der Waals surface area contributed by atoms with Gasteiger partial charge in [0.1, 0.15) is 0 Å². The number of anilines is 1. The van der Waals surface area contributed by atoms with E-state index < -0.39 is 0 Å². The second-order valence-corrected chi connectivity index (χ2v) is 11.2. The van der Waals surface area contributed by atoms with E-state index in [2.05, 4.69) is 40.9 Å². The first kappa shape index (κ1) is 30.2. The van der Waals surface area contributed by atoms with Crippen LogP contribution in [-0.4, -0.2) is 35.8 Å². The molecule has 2 atom stereocenters. The summed E-state index contributed by atoms with van der Waals surface area (Å²) in [5.74, 6) is -0.0894. The molecule has 6 nitrogen and oxygen atoms in total. The second kappa shape index (κ2) is 13.7. The van der Waals surface area contributed by atoms with Gasteiger partial charge in [0.05, 0.1) is 28.7 Å². The normalized spacial score (nSPS) is 15.6. The monoisotopic (exact) mass is 589 g/mol. The Balaban J connectivity index is 1.48. The van der Waals surface area contributed by atoms with Gasteiger partial charge in [-0.25, -0.2) is 4.99 Å². The van der Waals surface area contributed by atoms with Crippen molar-refractivity contribution >= 4 is 52.5 Å². The number of rotatable bonds is 11. The maximum absolute atomic E-state index is 13.7. The highest BCUT2D eigenvalue weighted by Crippen LogP contribution is 2.34. The second-order valence-electron chi connectivity index (χ2n) is 10.4. The van der Waals surface area contributed by atoms with Gasteiger partial charge in [0, 0.05) is 40.3 Å². The third kappa shape index (κ3) is 7.51. The highest BCUT2D eigenvalue weighted by atomic mass is 35.5. The van der Waals surface area contributed by atoms with Crippen LogP contribution >= 0.6 is 23.2 Å². The summed E-state index contributed by atoms with van der Waals surface area (Å²) in [6, 6.07) is 19.4. The molecule has 0 aromatic heterocycles. The lowest BCUT2D eigenvalue weighted by Crippen LogP contribution is -2.36. The quantitative estimate of drug-likeness (QED) is 0.158. The van der Waals surface area contributed by atoms with E-state index >= 15 is 0 Å². The highest BCUT2D eigenvalue weighted by Gasteiger charge is 2.31. The molecule has 41 heavy (non-hydrogen) atoms. The van der Waals surface area contributed by atoms with Gasteiger partial charge in [-0.2, -0.15) is 0 Å². The van der Waals surface area contributed by atoms with Crippen molar-refractivity contribution < 1.29 is 4.79 Å². The van der Waals surface area contributed by atoms with Crippen LogP contribution < -0.4 is 16.4 Å². The first-order chi connectivity index (χ1) is 19.7. The molecule has 0 saturated carbocycles. The molecule has 214 valence electrons. The fourth-order valence-electron chi connectivity index (χ4n) is 5.17. The van der Waals surface area contributed by atoms with Crippen LogP contribution in [0.4, 0.5) is 11.4 Å². The van der Waals surface area contributed by atoms with Crippen molar-refractivity contribution in [3.63, 3.8) is 0 Å². The number of nitrogens with zero attached hydrogens (tertiary/aromatic N) is 2. The topological polar surface area (TPSA) is 82.8 Å². The van der Waals surface area contributed by atoms with E-state index in [0.717, 1.165) is 42.6 Å². The minimum Gasteiger partial charge on any atom is -0.390 e. The number of aryl methyl sites for hydroxylation is 2. The smallest absolute Gasteiger partial charge is 0.255 e. The number of carbonyl (C=O) groups is 1. The summed E-state index contributed by atoms with van der Waals surface area (Å²) in [5, 5.41) is 7.73. The van der Waals surface area contributed by atoms with Gasteiger partial charge in [0.25, 0.3) is 5.91 Å². The summed E-state index contributed by atoms with van der Waals surface area (Å²) in [6.07, 6.45) is 4.99. The van der Waals surface area contributed by atoms with Crippen LogP contribution in [0.2, 0.25) is 10.0 Å². The number of hydrogen-bond donors (Lipinski definition) is 3. The number of carbonyl (C=O) groups excluding carboxylic acids is 1. The van der Waals surface area contributed by atoms with E-state index in [9.17, 15) is 4.79 Å². The van der Waals surface area contributed by atoms with E-state index in [1.54, 1.807) is 12.1 Å². The molecule has 3 aromatic rings. The Morgan fingerprint density at radius 2 is 1.90 bits per heavy atom. The minimum absolute atomic E-state index is 0.0894. The predicted molar refractivity (Wildman–Crippen MR) is 173 cm³/mol. The van der Waals surface area contributed by atoms with Crippen LogP contribution in [0, 0.1) is 6.92 Å². The SMILES string of the molecule is C=C(NC(C)C(=C)Nc1ccc(Cl)cc1C)c1cc(Cl)c(C(=O)N2CCCC2CCc2ccccc2)cc1N=CN. The summed E-state index contributed by atoms with van der Waals surface area (Å²) < 4.78 is 0. The molecule has 0 radical (unpaired) electrons. The van der Waals surface area contributed by atoms with E-state index in [0.29, 0.717) is 39.1 Å². The van der Waals surface area contributed by atoms with Crippen molar-refractivity contribution in [1.82, 2.24) is 10.2 Å². The van der Waals surface area contributed by atoms with E-state index in [4.69, 9.17) is 28.9 Å². The van der Waals surface area contributed by atoms with Gasteiger partial charge in [0.2, 0.25) is 0 Å². The Morgan fingerprint density at radius 1 is 1.15 bits per heavy atom. The Morgan fingerprint density at radius 3 is 2.61 bits per heavy atom. The van der Waals surface area contributed by atoms with Gasteiger partial charge in [0.15, 0.2) is 0 Å². The number of nitrogens with one attached hydrogen (secondary N) is 2. The molecule has 1 aliphatic heterocycles. The number of likely N-dealkylation sites (tertiary alicyclic amines) is 1. The Labute approximate surface area is 252 Å². The molecule has 4 N–H and O–H groups in total. The van der Waals surface area contributed by atoms with Crippen molar-refractivity contribution in [3.05, 3.63) is 112 Å². The summed E-state index contributed by atoms with van der Waals surface area (Å²) in [4.78, 5) is 20.0. The van der Waals surface area contributed by atoms with Gasteiger partial charge in [-0.3, -0.25) is 4.79 Å². The molecule has 1 saturated heterocycles. The first-order valence-corrected chi connectivity index (χ1v) is 14.5. The molecule has 4 rings (SSSR count). The molecular formula is C33H37Cl2N5O. The molecule has 3 aromatic carbocycles. The largest absolute Gasteiger partial charge is 0.390 e. The van der Waals surface area contributed by atoms with Crippen LogP contribution in [0.25, 0.3) is 5.70 Å². The van der Waals surface area contributed by atoms with Gasteiger partial charge in [-0.1, -0.05) is 66.7 Å². The summed E-state index contributed by atoms with van der Waals surface area (Å²) >= 11 is 12.8. The van der Waals surface area contributed by atoms with Crippen LogP contribution in [0.3, 0.4) is 0 Å². The fourth-order valence-corrected chi connectivity index (χ4v) is 5.64. The van der Waals surface area contributed by atoms with Gasteiger partial charge >= 0.3 is 0 Å². The van der Waals surface area contributed by atoms with E-state index in [1.165, 1.54) is 11.9 Å². The first-order valence-electron chi connectivity index (χ1n) is 13.8. The molecule has 2 unspecified atom stereocenters. The Kier molecular flexibility index (Phi) is 10.1.